The summed E-state index contributed by atoms with van der Waals surface area (Å²) in [5.74, 6) is 0.664. The zero-order valence-corrected chi connectivity index (χ0v) is 11.9. The Hall–Kier alpha value is -2.34. The highest BCUT2D eigenvalue weighted by atomic mass is 32.2. The molecule has 1 aliphatic rings. The molecule has 1 atom stereocenters. The van der Waals surface area contributed by atoms with Gasteiger partial charge in [0.15, 0.2) is 11.3 Å². The van der Waals surface area contributed by atoms with Gasteiger partial charge in [-0.2, -0.15) is 0 Å². The number of nitrogens with one attached hydrogen (secondary N) is 1. The van der Waals surface area contributed by atoms with Gasteiger partial charge >= 0.3 is 0 Å². The average Bonchev–Trinajstić information content (AvgIpc) is 3.14. The molecule has 6 heteroatoms. The van der Waals surface area contributed by atoms with E-state index in [0.29, 0.717) is 11.3 Å². The van der Waals surface area contributed by atoms with Crippen LogP contribution in [-0.2, 0) is 0 Å². The molecule has 1 N–H and O–H groups in total. The molecule has 0 saturated heterocycles. The standard InChI is InChI=1S/C15H12N4OS/c20-15(13-14-17-6-8-19(14)7-5-16-13)18-11-9-21-12-4-2-1-3-10(11)12/h1-8,11H,9H2,(H,18,20). The fourth-order valence-corrected chi connectivity index (χ4v) is 3.68. The molecule has 2 aromatic heterocycles. The fraction of sp³-hybridized carbons (Fsp3) is 0.133. The Labute approximate surface area is 125 Å². The summed E-state index contributed by atoms with van der Waals surface area (Å²) in [5.41, 5.74) is 2.11. The summed E-state index contributed by atoms with van der Waals surface area (Å²) in [6.07, 6.45) is 6.85. The lowest BCUT2D eigenvalue weighted by atomic mass is 10.1. The van der Waals surface area contributed by atoms with Crippen molar-refractivity contribution in [1.29, 1.82) is 0 Å². The van der Waals surface area contributed by atoms with E-state index in [4.69, 9.17) is 0 Å². The molecule has 1 aromatic carbocycles. The van der Waals surface area contributed by atoms with Crippen LogP contribution >= 0.6 is 11.8 Å². The van der Waals surface area contributed by atoms with Gasteiger partial charge < -0.3 is 9.72 Å². The first-order chi connectivity index (χ1) is 10.3. The Morgan fingerprint density at radius 1 is 1.24 bits per heavy atom. The van der Waals surface area contributed by atoms with Gasteiger partial charge in [0, 0.05) is 35.4 Å². The predicted molar refractivity (Wildman–Crippen MR) is 80.4 cm³/mol. The van der Waals surface area contributed by atoms with Gasteiger partial charge in [0.05, 0.1) is 6.04 Å². The molecule has 0 radical (unpaired) electrons. The van der Waals surface area contributed by atoms with Gasteiger partial charge in [0.2, 0.25) is 0 Å². The summed E-state index contributed by atoms with van der Waals surface area (Å²) in [4.78, 5) is 22.1. The highest BCUT2D eigenvalue weighted by Gasteiger charge is 2.25. The van der Waals surface area contributed by atoms with Crippen molar-refractivity contribution in [3.8, 4) is 0 Å². The topological polar surface area (TPSA) is 59.3 Å². The van der Waals surface area contributed by atoms with Crippen molar-refractivity contribution in [2.45, 2.75) is 10.9 Å². The first kappa shape index (κ1) is 12.4. The Morgan fingerprint density at radius 3 is 2.95 bits per heavy atom. The third kappa shape index (κ3) is 2.08. The van der Waals surface area contributed by atoms with E-state index >= 15 is 0 Å². The van der Waals surface area contributed by atoms with E-state index in [1.807, 2.05) is 12.1 Å². The number of nitrogens with zero attached hydrogens (tertiary/aromatic N) is 3. The predicted octanol–water partition coefficient (Wildman–Crippen LogP) is 2.31. The number of rotatable bonds is 2. The largest absolute Gasteiger partial charge is 0.343 e. The van der Waals surface area contributed by atoms with Crippen molar-refractivity contribution in [2.75, 3.05) is 5.75 Å². The van der Waals surface area contributed by atoms with Gasteiger partial charge in [0.1, 0.15) is 0 Å². The lowest BCUT2D eigenvalue weighted by Gasteiger charge is -2.13. The molecule has 0 bridgehead atoms. The van der Waals surface area contributed by atoms with Crippen molar-refractivity contribution in [1.82, 2.24) is 19.7 Å². The number of hydrogen-bond donors (Lipinski definition) is 1. The third-order valence-corrected chi connectivity index (χ3v) is 4.71. The Morgan fingerprint density at radius 2 is 2.05 bits per heavy atom. The van der Waals surface area contributed by atoms with Crippen LogP contribution in [0, 0.1) is 0 Å². The van der Waals surface area contributed by atoms with Crippen molar-refractivity contribution < 1.29 is 4.79 Å². The van der Waals surface area contributed by atoms with E-state index in [-0.39, 0.29) is 11.9 Å². The molecule has 1 aliphatic heterocycles. The van der Waals surface area contributed by atoms with Gasteiger partial charge in [-0.1, -0.05) is 18.2 Å². The summed E-state index contributed by atoms with van der Waals surface area (Å²) in [5, 5.41) is 3.06. The van der Waals surface area contributed by atoms with Crippen molar-refractivity contribution in [2.24, 2.45) is 0 Å². The van der Waals surface area contributed by atoms with Crippen LogP contribution in [0.2, 0.25) is 0 Å². The summed E-state index contributed by atoms with van der Waals surface area (Å²) in [6, 6.07) is 8.18. The maximum atomic E-state index is 12.5. The van der Waals surface area contributed by atoms with Crippen LogP contribution in [0.4, 0.5) is 0 Å². The van der Waals surface area contributed by atoms with E-state index in [0.717, 1.165) is 5.75 Å². The summed E-state index contributed by atoms with van der Waals surface area (Å²) in [7, 11) is 0. The number of hydrogen-bond acceptors (Lipinski definition) is 4. The van der Waals surface area contributed by atoms with Crippen LogP contribution in [0.5, 0.6) is 0 Å². The number of amides is 1. The molecule has 1 amide bonds. The van der Waals surface area contributed by atoms with Crippen molar-refractivity contribution in [3.05, 3.63) is 60.3 Å². The van der Waals surface area contributed by atoms with Gasteiger partial charge in [-0.3, -0.25) is 4.79 Å². The Bertz CT molecular complexity index is 829. The second-order valence-corrected chi connectivity index (χ2v) is 5.87. The first-order valence-corrected chi connectivity index (χ1v) is 7.62. The zero-order chi connectivity index (χ0) is 14.2. The minimum absolute atomic E-state index is 0.0238. The monoisotopic (exact) mass is 296 g/mol. The third-order valence-electron chi connectivity index (χ3n) is 3.53. The number of fused-ring (bicyclic) bond motifs is 2. The molecule has 0 saturated carbocycles. The highest BCUT2D eigenvalue weighted by molar-refractivity contribution is 7.99. The van der Waals surface area contributed by atoms with Crippen molar-refractivity contribution >= 4 is 23.3 Å². The maximum Gasteiger partial charge on any atom is 0.274 e. The van der Waals surface area contributed by atoms with Gasteiger partial charge in [0.25, 0.3) is 5.91 Å². The van der Waals surface area contributed by atoms with Gasteiger partial charge in [-0.05, 0) is 11.6 Å². The minimum Gasteiger partial charge on any atom is -0.343 e. The molecule has 3 heterocycles. The summed E-state index contributed by atoms with van der Waals surface area (Å²) >= 11 is 1.76. The SMILES string of the molecule is O=C(NC1CSc2ccccc21)c1nccn2ccnc12. The van der Waals surface area contributed by atoms with Gasteiger partial charge in [-0.15, -0.1) is 11.8 Å². The fourth-order valence-electron chi connectivity index (χ4n) is 2.52. The highest BCUT2D eigenvalue weighted by Crippen LogP contribution is 2.37. The van der Waals surface area contributed by atoms with E-state index < -0.39 is 0 Å². The lowest BCUT2D eigenvalue weighted by Crippen LogP contribution is -2.29. The normalized spacial score (nSPS) is 16.9. The molecule has 3 aromatic rings. The quantitative estimate of drug-likeness (QED) is 0.788. The van der Waals surface area contributed by atoms with E-state index in [1.165, 1.54) is 10.5 Å². The second-order valence-electron chi connectivity index (χ2n) is 4.81. The van der Waals surface area contributed by atoms with Crippen LogP contribution in [0.25, 0.3) is 5.65 Å². The van der Waals surface area contributed by atoms with Gasteiger partial charge in [-0.25, -0.2) is 9.97 Å². The Balaban J connectivity index is 1.64. The summed E-state index contributed by atoms with van der Waals surface area (Å²) < 4.78 is 1.79. The van der Waals surface area contributed by atoms with Crippen LogP contribution in [0.3, 0.4) is 0 Å². The molecule has 5 nitrogen and oxygen atoms in total. The Kier molecular flexibility index (Phi) is 2.89. The van der Waals surface area contributed by atoms with Crippen molar-refractivity contribution in [3.63, 3.8) is 0 Å². The molecular weight excluding hydrogens is 284 g/mol. The van der Waals surface area contributed by atoms with E-state index in [9.17, 15) is 4.79 Å². The molecule has 104 valence electrons. The molecule has 0 spiro atoms. The molecule has 4 rings (SSSR count). The maximum absolute atomic E-state index is 12.5. The minimum atomic E-state index is -0.186. The molecule has 1 unspecified atom stereocenters. The molecular formula is C15H12N4OS. The zero-order valence-electron chi connectivity index (χ0n) is 11.1. The van der Waals surface area contributed by atoms with Crippen LogP contribution in [-0.4, -0.2) is 26.0 Å². The molecule has 0 aliphatic carbocycles. The molecule has 21 heavy (non-hydrogen) atoms. The van der Waals surface area contributed by atoms with E-state index in [2.05, 4.69) is 27.4 Å². The molecule has 0 fully saturated rings. The van der Waals surface area contributed by atoms with Crippen LogP contribution < -0.4 is 5.32 Å². The number of benzene rings is 1. The van der Waals surface area contributed by atoms with E-state index in [1.54, 1.807) is 40.9 Å². The number of carbonyl (C=O) groups is 1. The smallest absolute Gasteiger partial charge is 0.274 e. The summed E-state index contributed by atoms with van der Waals surface area (Å²) in [6.45, 7) is 0. The number of imidazole rings is 1. The first-order valence-electron chi connectivity index (χ1n) is 6.63. The number of thioether (sulfide) groups is 1. The number of aromatic nitrogens is 3. The van der Waals surface area contributed by atoms with Crippen LogP contribution in [0.15, 0.2) is 53.9 Å². The van der Waals surface area contributed by atoms with Crippen LogP contribution in [0.1, 0.15) is 22.1 Å². The number of carbonyl (C=O) groups excluding carboxylic acids is 1. The second kappa shape index (κ2) is 4.89. The lowest BCUT2D eigenvalue weighted by molar-refractivity contribution is 0.0937. The average molecular weight is 296 g/mol.